The van der Waals surface area contributed by atoms with Crippen LogP contribution < -0.4 is 0 Å². The summed E-state index contributed by atoms with van der Waals surface area (Å²) in [6.07, 6.45) is 0.215. The minimum absolute atomic E-state index is 0.107. The highest BCUT2D eigenvalue weighted by Gasteiger charge is 1.90. The highest BCUT2D eigenvalue weighted by molar-refractivity contribution is 7.97. The van der Waals surface area contributed by atoms with Crippen LogP contribution in [0.5, 0.6) is 0 Å². The topological polar surface area (TPSA) is 23.1 Å². The van der Waals surface area contributed by atoms with Gasteiger partial charge < -0.3 is 4.55 Å². The van der Waals surface area contributed by atoms with Gasteiger partial charge in [-0.15, -0.1) is 0 Å². The summed E-state index contributed by atoms with van der Waals surface area (Å²) in [7, 11) is 0. The molecule has 0 atom stereocenters. The largest absolute Gasteiger partial charge is 0.607 e. The van der Waals surface area contributed by atoms with Gasteiger partial charge in [-0.2, -0.15) is 0 Å². The molecular formula is C4H4F2OS. The summed E-state index contributed by atoms with van der Waals surface area (Å²) < 4.78 is 32.2. The van der Waals surface area contributed by atoms with Crippen molar-refractivity contribution in [1.82, 2.24) is 0 Å². The molecule has 0 N–H and O–H groups in total. The van der Waals surface area contributed by atoms with E-state index in [2.05, 4.69) is 0 Å². The van der Waals surface area contributed by atoms with E-state index in [0.717, 1.165) is 10.8 Å². The third-order valence-corrected chi connectivity index (χ3v) is 1.11. The maximum atomic E-state index is 11.0. The van der Waals surface area contributed by atoms with E-state index in [0.29, 0.717) is 0 Å². The van der Waals surface area contributed by atoms with E-state index in [-0.39, 0.29) is 12.7 Å². The van der Waals surface area contributed by atoms with E-state index in [1.807, 2.05) is 0 Å². The Labute approximate surface area is 48.9 Å². The Morgan fingerprint density at radius 1 is 1.12 bits per heavy atom. The molecule has 0 unspecified atom stereocenters. The Balaban J connectivity index is 3.47. The molecule has 0 aromatic heterocycles. The minimum Gasteiger partial charge on any atom is -0.607 e. The fourth-order valence-corrected chi connectivity index (χ4v) is 0.440. The zero-order chi connectivity index (χ0) is 6.41. The maximum absolute atomic E-state index is 11.0. The molecule has 0 aromatic rings. The first kappa shape index (κ1) is 7.65. The maximum Gasteiger partial charge on any atom is 0.150 e. The molecule has 0 aromatic carbocycles. The van der Waals surface area contributed by atoms with Crippen LogP contribution in [-0.2, 0) is 11.2 Å². The van der Waals surface area contributed by atoms with Crippen LogP contribution in [0.2, 0.25) is 0 Å². The van der Waals surface area contributed by atoms with Crippen LogP contribution in [0.4, 0.5) is 8.78 Å². The normalized spacial score (nSPS) is 12.5. The van der Waals surface area contributed by atoms with E-state index in [1.165, 1.54) is 0 Å². The minimum atomic E-state index is -1.63. The molecule has 0 saturated carbocycles. The molecule has 0 heterocycles. The van der Waals surface area contributed by atoms with Gasteiger partial charge in [0.25, 0.3) is 0 Å². The first-order valence-corrected chi connectivity index (χ1v) is 3.02. The lowest BCUT2D eigenvalue weighted by Gasteiger charge is -1.91. The van der Waals surface area contributed by atoms with Crippen molar-refractivity contribution in [2.45, 2.75) is 0 Å². The third kappa shape index (κ3) is 3.83. The molecule has 0 saturated heterocycles. The van der Waals surface area contributed by atoms with E-state index < -0.39 is 11.2 Å². The Hall–Kier alpha value is -0.350. The molecule has 0 radical (unpaired) electrons. The van der Waals surface area contributed by atoms with Crippen molar-refractivity contribution in [3.05, 3.63) is 23.5 Å². The van der Waals surface area contributed by atoms with E-state index in [4.69, 9.17) is 0 Å². The van der Waals surface area contributed by atoms with Crippen molar-refractivity contribution in [1.29, 1.82) is 0 Å². The average molecular weight is 138 g/mol. The van der Waals surface area contributed by atoms with Gasteiger partial charge in [-0.3, -0.25) is 0 Å². The fraction of sp³-hybridized carbons (Fsp3) is 0. The van der Waals surface area contributed by atoms with Crippen LogP contribution >= 0.6 is 0 Å². The molecule has 8 heavy (non-hydrogen) atoms. The standard InChI is InChI=1S/C4H4F2OS/c5-1-3-8(7)4-2-6/h1-4H/b3-1+,4-2+. The second-order valence-electron chi connectivity index (χ2n) is 0.853. The number of rotatable bonds is 2. The molecule has 0 spiro atoms. The zero-order valence-electron chi connectivity index (χ0n) is 3.88. The van der Waals surface area contributed by atoms with Gasteiger partial charge in [0.2, 0.25) is 0 Å². The second-order valence-corrected chi connectivity index (χ2v) is 2.05. The highest BCUT2D eigenvalue weighted by Crippen LogP contribution is 1.94. The number of hydrogen-bond acceptors (Lipinski definition) is 1. The van der Waals surface area contributed by atoms with E-state index >= 15 is 0 Å². The molecule has 0 amide bonds. The Morgan fingerprint density at radius 2 is 1.50 bits per heavy atom. The van der Waals surface area contributed by atoms with Gasteiger partial charge in [0, 0.05) is 11.2 Å². The van der Waals surface area contributed by atoms with Crippen LogP contribution in [0.15, 0.2) is 23.5 Å². The third-order valence-electron chi connectivity index (χ3n) is 0.371. The van der Waals surface area contributed by atoms with Crippen LogP contribution in [-0.4, -0.2) is 4.55 Å². The number of halogens is 2. The van der Waals surface area contributed by atoms with Gasteiger partial charge in [-0.1, -0.05) is 0 Å². The smallest absolute Gasteiger partial charge is 0.150 e. The molecule has 0 bridgehead atoms. The van der Waals surface area contributed by atoms with Crippen molar-refractivity contribution in [3.63, 3.8) is 0 Å². The molecule has 4 heteroatoms. The summed E-state index contributed by atoms with van der Waals surface area (Å²) in [6, 6.07) is 0. The van der Waals surface area contributed by atoms with Crippen LogP contribution in [0.1, 0.15) is 0 Å². The van der Waals surface area contributed by atoms with Crippen molar-refractivity contribution in [2.24, 2.45) is 0 Å². The highest BCUT2D eigenvalue weighted by atomic mass is 32.2. The Morgan fingerprint density at radius 3 is 1.75 bits per heavy atom. The molecule has 0 rings (SSSR count). The van der Waals surface area contributed by atoms with Crippen LogP contribution in [0.3, 0.4) is 0 Å². The van der Waals surface area contributed by atoms with Gasteiger partial charge in [-0.05, 0) is 0 Å². The van der Waals surface area contributed by atoms with Crippen LogP contribution in [0.25, 0.3) is 0 Å². The van der Waals surface area contributed by atoms with Gasteiger partial charge in [0.15, 0.2) is 10.8 Å². The summed E-state index contributed by atoms with van der Waals surface area (Å²) in [5, 5.41) is 1.46. The monoisotopic (exact) mass is 138 g/mol. The SMILES string of the molecule is [O-][S+](/C=C/F)/C=C/F. The predicted molar refractivity (Wildman–Crippen MR) is 28.6 cm³/mol. The number of hydrogen-bond donors (Lipinski definition) is 0. The van der Waals surface area contributed by atoms with Gasteiger partial charge >= 0.3 is 0 Å². The summed E-state index contributed by atoms with van der Waals surface area (Å²) in [5.74, 6) is 0. The van der Waals surface area contributed by atoms with Gasteiger partial charge in [0.1, 0.15) is 12.7 Å². The molecule has 0 aliphatic carbocycles. The second kappa shape index (κ2) is 4.80. The van der Waals surface area contributed by atoms with Crippen molar-refractivity contribution < 1.29 is 13.3 Å². The summed E-state index contributed by atoms with van der Waals surface area (Å²) in [5.41, 5.74) is 0. The molecule has 0 aliphatic heterocycles. The Bertz CT molecular complexity index is 90.2. The first-order chi connectivity index (χ1) is 3.81. The summed E-state index contributed by atoms with van der Waals surface area (Å²) in [4.78, 5) is 0. The quantitative estimate of drug-likeness (QED) is 0.531. The molecular weight excluding hydrogens is 134 g/mol. The van der Waals surface area contributed by atoms with Crippen molar-refractivity contribution >= 4 is 11.2 Å². The first-order valence-electron chi connectivity index (χ1n) is 1.74. The lowest BCUT2D eigenvalue weighted by molar-refractivity contribution is 0.609. The van der Waals surface area contributed by atoms with Gasteiger partial charge in [0.05, 0.1) is 0 Å². The average Bonchev–Trinajstić information content (AvgIpc) is 1.68. The van der Waals surface area contributed by atoms with E-state index in [1.54, 1.807) is 0 Å². The van der Waals surface area contributed by atoms with Crippen molar-refractivity contribution in [2.75, 3.05) is 0 Å². The molecule has 0 fully saturated rings. The molecule has 1 nitrogen and oxygen atoms in total. The lowest BCUT2D eigenvalue weighted by atomic mass is 11.2. The Kier molecular flexibility index (Phi) is 4.59. The molecule has 46 valence electrons. The fourth-order valence-electron chi connectivity index (χ4n) is 0.147. The van der Waals surface area contributed by atoms with E-state index in [9.17, 15) is 13.3 Å². The van der Waals surface area contributed by atoms with Crippen LogP contribution in [0, 0.1) is 0 Å². The summed E-state index contributed by atoms with van der Waals surface area (Å²) >= 11 is -1.63. The lowest BCUT2D eigenvalue weighted by Crippen LogP contribution is -1.85. The zero-order valence-corrected chi connectivity index (χ0v) is 4.70. The predicted octanol–water partition coefficient (Wildman–Crippen LogP) is 1.62. The summed E-state index contributed by atoms with van der Waals surface area (Å²) in [6.45, 7) is 0. The van der Waals surface area contributed by atoms with Crippen molar-refractivity contribution in [3.8, 4) is 0 Å². The van der Waals surface area contributed by atoms with Gasteiger partial charge in [-0.25, -0.2) is 8.78 Å². The molecule has 0 aliphatic rings.